The van der Waals surface area contributed by atoms with E-state index in [0.717, 1.165) is 24.8 Å². The van der Waals surface area contributed by atoms with E-state index in [1.807, 2.05) is 12.1 Å². The third-order valence-electron chi connectivity index (χ3n) is 3.80. The normalized spacial score (nSPS) is 13.4. The van der Waals surface area contributed by atoms with Crippen molar-refractivity contribution in [3.63, 3.8) is 0 Å². The maximum Gasteiger partial charge on any atom is 0.328 e. The molecular formula is C17H15N5O2. The van der Waals surface area contributed by atoms with Gasteiger partial charge >= 0.3 is 6.03 Å². The van der Waals surface area contributed by atoms with Crippen LogP contribution in [0.4, 0.5) is 16.4 Å². The Morgan fingerprint density at radius 3 is 2.88 bits per heavy atom. The second-order valence-electron chi connectivity index (χ2n) is 5.42. The van der Waals surface area contributed by atoms with Crippen molar-refractivity contribution in [3.8, 4) is 6.07 Å². The van der Waals surface area contributed by atoms with Gasteiger partial charge in [-0.05, 0) is 43.0 Å². The molecule has 0 atom stereocenters. The van der Waals surface area contributed by atoms with Crippen molar-refractivity contribution >= 4 is 24.0 Å². The Balaban J connectivity index is 1.86. The number of carbonyl (C=O) groups excluding carboxylic acids is 2. The average Bonchev–Trinajstić information content (AvgIpc) is 2.84. The van der Waals surface area contributed by atoms with E-state index in [9.17, 15) is 9.59 Å². The SMILES string of the molecule is N#Cc1ccc(NC(=O)N2CCCCc3ccc(C=O)nc32)nc1. The molecule has 0 unspecified atom stereocenters. The second-order valence-corrected chi connectivity index (χ2v) is 5.42. The third-order valence-corrected chi connectivity index (χ3v) is 3.80. The van der Waals surface area contributed by atoms with E-state index in [2.05, 4.69) is 15.3 Å². The lowest BCUT2D eigenvalue weighted by Gasteiger charge is -2.22. The summed E-state index contributed by atoms with van der Waals surface area (Å²) in [6.45, 7) is 0.518. The van der Waals surface area contributed by atoms with Crippen LogP contribution in [0.1, 0.15) is 34.5 Å². The van der Waals surface area contributed by atoms with Crippen molar-refractivity contribution in [1.82, 2.24) is 9.97 Å². The number of hydrogen-bond acceptors (Lipinski definition) is 5. The number of aromatic nitrogens is 2. The van der Waals surface area contributed by atoms with E-state index < -0.39 is 0 Å². The fourth-order valence-electron chi connectivity index (χ4n) is 2.59. The van der Waals surface area contributed by atoms with Gasteiger partial charge in [0, 0.05) is 12.7 Å². The molecule has 3 heterocycles. The Morgan fingerprint density at radius 2 is 2.17 bits per heavy atom. The Hall–Kier alpha value is -3.27. The molecule has 0 fully saturated rings. The highest BCUT2D eigenvalue weighted by Gasteiger charge is 2.23. The number of pyridine rings is 2. The van der Waals surface area contributed by atoms with Gasteiger partial charge in [-0.25, -0.2) is 14.8 Å². The molecule has 7 heteroatoms. The summed E-state index contributed by atoms with van der Waals surface area (Å²) in [5.41, 5.74) is 1.66. The molecular weight excluding hydrogens is 306 g/mol. The van der Waals surface area contributed by atoms with Crippen LogP contribution in [-0.2, 0) is 6.42 Å². The van der Waals surface area contributed by atoms with Crippen LogP contribution < -0.4 is 10.2 Å². The number of nitriles is 1. The number of anilines is 2. The molecule has 3 rings (SSSR count). The molecule has 24 heavy (non-hydrogen) atoms. The molecule has 0 spiro atoms. The van der Waals surface area contributed by atoms with Gasteiger partial charge in [-0.1, -0.05) is 6.07 Å². The summed E-state index contributed by atoms with van der Waals surface area (Å²) in [4.78, 5) is 33.5. The van der Waals surface area contributed by atoms with Crippen LogP contribution in [0.25, 0.3) is 0 Å². The van der Waals surface area contributed by atoms with Gasteiger partial charge < -0.3 is 0 Å². The molecule has 0 radical (unpaired) electrons. The zero-order valence-electron chi connectivity index (χ0n) is 12.9. The summed E-state index contributed by atoms with van der Waals surface area (Å²) in [6, 6.07) is 8.29. The standard InChI is InChI=1S/C17H15N5O2/c18-9-12-4-7-15(19-10-12)21-17(24)22-8-2-1-3-13-5-6-14(11-23)20-16(13)22/h4-7,10-11H,1-3,8H2,(H,19,21,24). The van der Waals surface area contributed by atoms with Crippen LogP contribution >= 0.6 is 0 Å². The van der Waals surface area contributed by atoms with Gasteiger partial charge in [0.25, 0.3) is 0 Å². The van der Waals surface area contributed by atoms with Crippen LogP contribution in [0.15, 0.2) is 30.5 Å². The highest BCUT2D eigenvalue weighted by molar-refractivity contribution is 6.01. The van der Waals surface area contributed by atoms with E-state index in [4.69, 9.17) is 5.26 Å². The molecule has 2 aromatic rings. The summed E-state index contributed by atoms with van der Waals surface area (Å²) in [6.07, 6.45) is 4.69. The first kappa shape index (κ1) is 15.6. The predicted octanol–water partition coefficient (Wildman–Crippen LogP) is 2.54. The van der Waals surface area contributed by atoms with E-state index in [1.54, 1.807) is 18.2 Å². The van der Waals surface area contributed by atoms with Gasteiger partial charge in [0.15, 0.2) is 6.29 Å². The molecule has 2 aromatic heterocycles. The summed E-state index contributed by atoms with van der Waals surface area (Å²) in [7, 11) is 0. The van der Waals surface area contributed by atoms with E-state index in [1.165, 1.54) is 11.1 Å². The number of aryl methyl sites for hydroxylation is 1. The van der Waals surface area contributed by atoms with Gasteiger partial charge in [-0.3, -0.25) is 15.0 Å². The fraction of sp³-hybridized carbons (Fsp3) is 0.235. The lowest BCUT2D eigenvalue weighted by molar-refractivity contribution is 0.111. The smallest absolute Gasteiger partial charge is 0.296 e. The van der Waals surface area contributed by atoms with Crippen LogP contribution in [0.5, 0.6) is 0 Å². The van der Waals surface area contributed by atoms with Crippen molar-refractivity contribution in [2.24, 2.45) is 0 Å². The second kappa shape index (κ2) is 6.87. The molecule has 1 aliphatic heterocycles. The van der Waals surface area contributed by atoms with Crippen molar-refractivity contribution in [3.05, 3.63) is 47.3 Å². The molecule has 2 amide bonds. The molecule has 0 aromatic carbocycles. The van der Waals surface area contributed by atoms with Gasteiger partial charge in [-0.15, -0.1) is 0 Å². The maximum absolute atomic E-state index is 12.6. The minimum absolute atomic E-state index is 0.296. The highest BCUT2D eigenvalue weighted by Crippen LogP contribution is 2.25. The van der Waals surface area contributed by atoms with Crippen molar-refractivity contribution in [2.75, 3.05) is 16.8 Å². The summed E-state index contributed by atoms with van der Waals surface area (Å²) < 4.78 is 0. The Morgan fingerprint density at radius 1 is 1.29 bits per heavy atom. The molecule has 0 aliphatic carbocycles. The Bertz CT molecular complexity index is 811. The largest absolute Gasteiger partial charge is 0.328 e. The first-order chi connectivity index (χ1) is 11.7. The summed E-state index contributed by atoms with van der Waals surface area (Å²) in [5.74, 6) is 0.875. The fourth-order valence-corrected chi connectivity index (χ4v) is 2.59. The van der Waals surface area contributed by atoms with Crippen LogP contribution in [-0.4, -0.2) is 28.8 Å². The monoisotopic (exact) mass is 321 g/mol. The first-order valence-corrected chi connectivity index (χ1v) is 7.61. The molecule has 7 nitrogen and oxygen atoms in total. The lowest BCUT2D eigenvalue weighted by Crippen LogP contribution is -2.36. The number of hydrogen-bond donors (Lipinski definition) is 1. The lowest BCUT2D eigenvalue weighted by atomic mass is 10.1. The van der Waals surface area contributed by atoms with Gasteiger partial charge in [-0.2, -0.15) is 5.26 Å². The van der Waals surface area contributed by atoms with Crippen LogP contribution in [0, 0.1) is 11.3 Å². The quantitative estimate of drug-likeness (QED) is 0.857. The number of carbonyl (C=O) groups is 2. The third kappa shape index (κ3) is 3.22. The Labute approximate surface area is 139 Å². The summed E-state index contributed by atoms with van der Waals surface area (Å²) in [5, 5.41) is 11.5. The van der Waals surface area contributed by atoms with E-state index >= 15 is 0 Å². The van der Waals surface area contributed by atoms with Crippen molar-refractivity contribution in [1.29, 1.82) is 5.26 Å². The number of nitrogens with zero attached hydrogens (tertiary/aromatic N) is 4. The number of aldehydes is 1. The Kier molecular flexibility index (Phi) is 4.47. The molecule has 0 bridgehead atoms. The number of fused-ring (bicyclic) bond motifs is 1. The number of rotatable bonds is 2. The van der Waals surface area contributed by atoms with Crippen LogP contribution in [0.3, 0.4) is 0 Å². The minimum Gasteiger partial charge on any atom is -0.296 e. The van der Waals surface area contributed by atoms with E-state index in [-0.39, 0.29) is 6.03 Å². The molecule has 1 N–H and O–H groups in total. The van der Waals surface area contributed by atoms with E-state index in [0.29, 0.717) is 35.7 Å². The van der Waals surface area contributed by atoms with Gasteiger partial charge in [0.2, 0.25) is 0 Å². The molecule has 1 aliphatic rings. The highest BCUT2D eigenvalue weighted by atomic mass is 16.2. The molecule has 120 valence electrons. The topological polar surface area (TPSA) is 99.0 Å². The number of nitrogens with one attached hydrogen (secondary N) is 1. The zero-order valence-corrected chi connectivity index (χ0v) is 12.9. The summed E-state index contributed by atoms with van der Waals surface area (Å²) >= 11 is 0. The molecule has 0 saturated carbocycles. The zero-order chi connectivity index (χ0) is 16.9. The van der Waals surface area contributed by atoms with Crippen molar-refractivity contribution in [2.45, 2.75) is 19.3 Å². The number of urea groups is 1. The van der Waals surface area contributed by atoms with Crippen molar-refractivity contribution < 1.29 is 9.59 Å². The van der Waals surface area contributed by atoms with Gasteiger partial charge in [0.1, 0.15) is 23.4 Å². The minimum atomic E-state index is -0.356. The van der Waals surface area contributed by atoms with Gasteiger partial charge in [0.05, 0.1) is 5.56 Å². The number of amides is 2. The average molecular weight is 321 g/mol. The maximum atomic E-state index is 12.6. The molecule has 0 saturated heterocycles. The first-order valence-electron chi connectivity index (χ1n) is 7.61. The van der Waals surface area contributed by atoms with Crippen LogP contribution in [0.2, 0.25) is 0 Å². The predicted molar refractivity (Wildman–Crippen MR) is 87.9 cm³/mol.